The third kappa shape index (κ3) is 2.26. The predicted molar refractivity (Wildman–Crippen MR) is 63.8 cm³/mol. The summed E-state index contributed by atoms with van der Waals surface area (Å²) in [6, 6.07) is 15.0. The van der Waals surface area contributed by atoms with Crippen LogP contribution in [0.5, 0.6) is 0 Å². The summed E-state index contributed by atoms with van der Waals surface area (Å²) in [4.78, 5) is 11.0. The minimum Gasteiger partial charge on any atom is -0.478 e. The van der Waals surface area contributed by atoms with E-state index in [0.29, 0.717) is 5.69 Å². The van der Waals surface area contributed by atoms with Gasteiger partial charge >= 0.3 is 5.97 Å². The van der Waals surface area contributed by atoms with Crippen molar-refractivity contribution in [3.05, 3.63) is 60.2 Å². The van der Waals surface area contributed by atoms with E-state index in [9.17, 15) is 10.0 Å². The van der Waals surface area contributed by atoms with E-state index in [1.54, 1.807) is 42.5 Å². The molecule has 0 saturated heterocycles. The predicted octanol–water partition coefficient (Wildman–Crippen LogP) is 2.91. The smallest absolute Gasteiger partial charge is 0.337 e. The summed E-state index contributed by atoms with van der Waals surface area (Å²) in [6.07, 6.45) is 0. The van der Waals surface area contributed by atoms with Gasteiger partial charge in [0, 0.05) is 0 Å². The molecule has 0 bridgehead atoms. The van der Waals surface area contributed by atoms with Gasteiger partial charge in [0.1, 0.15) is 0 Å². The normalized spacial score (nSPS) is 9.94. The lowest BCUT2D eigenvalue weighted by Gasteiger charge is -2.18. The average Bonchev–Trinajstić information content (AvgIpc) is 2.39. The minimum absolute atomic E-state index is 0.0545. The van der Waals surface area contributed by atoms with Gasteiger partial charge in [-0.25, -0.2) is 9.86 Å². The van der Waals surface area contributed by atoms with Crippen LogP contribution in [-0.4, -0.2) is 16.3 Å². The molecule has 2 aromatic rings. The molecule has 4 nitrogen and oxygen atoms in total. The molecule has 2 N–H and O–H groups in total. The monoisotopic (exact) mass is 229 g/mol. The highest BCUT2D eigenvalue weighted by molar-refractivity contribution is 5.95. The molecular weight excluding hydrogens is 218 g/mol. The summed E-state index contributed by atoms with van der Waals surface area (Å²) in [7, 11) is 0. The highest BCUT2D eigenvalue weighted by Crippen LogP contribution is 2.26. The zero-order chi connectivity index (χ0) is 12.3. The number of carbonyl (C=O) groups is 1. The fraction of sp³-hybridized carbons (Fsp3) is 0. The van der Waals surface area contributed by atoms with Gasteiger partial charge in [0.2, 0.25) is 0 Å². The number of rotatable bonds is 3. The molecule has 0 radical (unpaired) electrons. The molecule has 2 rings (SSSR count). The van der Waals surface area contributed by atoms with Crippen molar-refractivity contribution in [3.63, 3.8) is 0 Å². The van der Waals surface area contributed by atoms with E-state index in [-0.39, 0.29) is 11.3 Å². The Morgan fingerprint density at radius 3 is 2.18 bits per heavy atom. The lowest BCUT2D eigenvalue weighted by Crippen LogP contribution is -2.14. The number of nitrogens with zero attached hydrogens (tertiary/aromatic N) is 1. The first-order valence-corrected chi connectivity index (χ1v) is 5.06. The van der Waals surface area contributed by atoms with Crippen LogP contribution < -0.4 is 5.06 Å². The second kappa shape index (κ2) is 4.67. The molecule has 0 heterocycles. The summed E-state index contributed by atoms with van der Waals surface area (Å²) in [6.45, 7) is 0. The SMILES string of the molecule is O=C(O)c1ccccc1N(O)c1ccccc1. The molecule has 0 unspecified atom stereocenters. The average molecular weight is 229 g/mol. The Balaban J connectivity index is 2.44. The molecule has 0 aliphatic carbocycles. The number of para-hydroxylation sites is 2. The Labute approximate surface area is 98.3 Å². The van der Waals surface area contributed by atoms with Crippen LogP contribution in [0.1, 0.15) is 10.4 Å². The summed E-state index contributed by atoms with van der Waals surface area (Å²) in [5, 5.41) is 19.9. The van der Waals surface area contributed by atoms with E-state index in [2.05, 4.69) is 0 Å². The van der Waals surface area contributed by atoms with Crippen LogP contribution in [0.2, 0.25) is 0 Å². The first-order chi connectivity index (χ1) is 8.20. The molecule has 0 spiro atoms. The first kappa shape index (κ1) is 11.2. The van der Waals surface area contributed by atoms with Crippen molar-refractivity contribution in [1.82, 2.24) is 0 Å². The van der Waals surface area contributed by atoms with Gasteiger partial charge in [-0.15, -0.1) is 0 Å². The molecule has 2 aromatic carbocycles. The highest BCUT2D eigenvalue weighted by Gasteiger charge is 2.14. The van der Waals surface area contributed by atoms with E-state index in [4.69, 9.17) is 5.11 Å². The maximum atomic E-state index is 11.0. The second-order valence-corrected chi connectivity index (χ2v) is 3.47. The largest absolute Gasteiger partial charge is 0.478 e. The van der Waals surface area contributed by atoms with Crippen LogP contribution in [0.25, 0.3) is 0 Å². The molecule has 4 heteroatoms. The van der Waals surface area contributed by atoms with Crippen molar-refractivity contribution in [2.24, 2.45) is 0 Å². The molecule has 0 aliphatic rings. The van der Waals surface area contributed by atoms with Crippen LogP contribution >= 0.6 is 0 Å². The van der Waals surface area contributed by atoms with Crippen LogP contribution in [0, 0.1) is 0 Å². The number of hydrogen-bond donors (Lipinski definition) is 2. The van der Waals surface area contributed by atoms with E-state index in [0.717, 1.165) is 5.06 Å². The van der Waals surface area contributed by atoms with Crippen LogP contribution in [0.15, 0.2) is 54.6 Å². The second-order valence-electron chi connectivity index (χ2n) is 3.47. The summed E-state index contributed by atoms with van der Waals surface area (Å²) in [5.74, 6) is -1.07. The van der Waals surface area contributed by atoms with Gasteiger partial charge in [0.15, 0.2) is 0 Å². The van der Waals surface area contributed by atoms with Crippen molar-refractivity contribution in [3.8, 4) is 0 Å². The molecule has 0 aliphatic heterocycles. The molecule has 0 aromatic heterocycles. The highest BCUT2D eigenvalue weighted by atomic mass is 16.5. The van der Waals surface area contributed by atoms with Crippen LogP contribution in [0.3, 0.4) is 0 Å². The number of anilines is 2. The van der Waals surface area contributed by atoms with Gasteiger partial charge in [0.25, 0.3) is 0 Å². The number of carboxylic acid groups (broad SMARTS) is 1. The van der Waals surface area contributed by atoms with Crippen molar-refractivity contribution in [1.29, 1.82) is 0 Å². The Bertz CT molecular complexity index is 525. The topological polar surface area (TPSA) is 60.8 Å². The Kier molecular flexibility index (Phi) is 3.07. The van der Waals surface area contributed by atoms with Gasteiger partial charge in [-0.1, -0.05) is 30.3 Å². The molecule has 0 atom stereocenters. The van der Waals surface area contributed by atoms with Gasteiger partial charge < -0.3 is 5.11 Å². The van der Waals surface area contributed by atoms with Gasteiger partial charge in [-0.2, -0.15) is 0 Å². The van der Waals surface area contributed by atoms with E-state index in [1.807, 2.05) is 6.07 Å². The standard InChI is InChI=1S/C13H11NO3/c15-13(16)11-8-4-5-9-12(11)14(17)10-6-2-1-3-7-10/h1-9,17H,(H,15,16). The summed E-state index contributed by atoms with van der Waals surface area (Å²) >= 11 is 0. The third-order valence-electron chi connectivity index (χ3n) is 2.36. The maximum Gasteiger partial charge on any atom is 0.337 e. The fourth-order valence-electron chi connectivity index (χ4n) is 1.55. The molecule has 0 fully saturated rings. The zero-order valence-electron chi connectivity index (χ0n) is 8.95. The van der Waals surface area contributed by atoms with Gasteiger partial charge in [-0.3, -0.25) is 5.21 Å². The van der Waals surface area contributed by atoms with Crippen molar-refractivity contribution >= 4 is 17.3 Å². The number of aromatic carboxylic acids is 1. The quantitative estimate of drug-likeness (QED) is 0.794. The number of carboxylic acids is 1. The fourth-order valence-corrected chi connectivity index (χ4v) is 1.55. The van der Waals surface area contributed by atoms with Crippen LogP contribution in [-0.2, 0) is 0 Å². The maximum absolute atomic E-state index is 11.0. The third-order valence-corrected chi connectivity index (χ3v) is 2.36. The molecule has 86 valence electrons. The molecule has 0 saturated carbocycles. The lowest BCUT2D eigenvalue weighted by atomic mass is 10.1. The Morgan fingerprint density at radius 2 is 1.53 bits per heavy atom. The lowest BCUT2D eigenvalue weighted by molar-refractivity contribution is 0.0696. The first-order valence-electron chi connectivity index (χ1n) is 5.06. The summed E-state index contributed by atoms with van der Waals surface area (Å²) in [5.41, 5.74) is 0.811. The number of hydrogen-bond acceptors (Lipinski definition) is 3. The molecule has 0 amide bonds. The Hall–Kier alpha value is -2.33. The van der Waals surface area contributed by atoms with Gasteiger partial charge in [0.05, 0.1) is 16.9 Å². The number of benzene rings is 2. The Morgan fingerprint density at radius 1 is 0.941 bits per heavy atom. The van der Waals surface area contributed by atoms with Gasteiger partial charge in [-0.05, 0) is 24.3 Å². The van der Waals surface area contributed by atoms with Crippen molar-refractivity contribution in [2.75, 3.05) is 5.06 Å². The molecule has 17 heavy (non-hydrogen) atoms. The zero-order valence-corrected chi connectivity index (χ0v) is 8.95. The minimum atomic E-state index is -1.07. The summed E-state index contributed by atoms with van der Waals surface area (Å²) < 4.78 is 0. The van der Waals surface area contributed by atoms with Crippen molar-refractivity contribution < 1.29 is 15.1 Å². The van der Waals surface area contributed by atoms with E-state index >= 15 is 0 Å². The van der Waals surface area contributed by atoms with E-state index in [1.165, 1.54) is 6.07 Å². The van der Waals surface area contributed by atoms with E-state index < -0.39 is 5.97 Å². The molecular formula is C13H11NO3. The van der Waals surface area contributed by atoms with Crippen molar-refractivity contribution in [2.45, 2.75) is 0 Å². The van der Waals surface area contributed by atoms with Crippen LogP contribution in [0.4, 0.5) is 11.4 Å².